The molecule has 0 unspecified atom stereocenters. The molecule has 0 aromatic heterocycles. The first-order valence-corrected chi connectivity index (χ1v) is 7.15. The van der Waals surface area contributed by atoms with Crippen LogP contribution in [0.25, 0.3) is 0 Å². The highest BCUT2D eigenvalue weighted by Crippen LogP contribution is 2.44. The average Bonchev–Trinajstić information content (AvgIpc) is 2.92. The monoisotopic (exact) mass is 276 g/mol. The molecule has 1 aliphatic carbocycles. The van der Waals surface area contributed by atoms with Crippen molar-refractivity contribution in [3.63, 3.8) is 0 Å². The summed E-state index contributed by atoms with van der Waals surface area (Å²) in [6.07, 6.45) is 2.65. The highest BCUT2D eigenvalue weighted by atomic mass is 16.7. The van der Waals surface area contributed by atoms with E-state index in [2.05, 4.69) is 0 Å². The van der Waals surface area contributed by atoms with Crippen LogP contribution in [0.3, 0.4) is 0 Å². The zero-order chi connectivity index (χ0) is 14.2. The molecule has 3 rings (SSSR count). The number of hydrogen-bond donors (Lipinski definition) is 1. The van der Waals surface area contributed by atoms with Gasteiger partial charge in [0, 0.05) is 18.4 Å². The first-order valence-electron chi connectivity index (χ1n) is 7.15. The molecule has 20 heavy (non-hydrogen) atoms. The summed E-state index contributed by atoms with van der Waals surface area (Å²) in [7, 11) is 0. The minimum Gasteiger partial charge on any atom is -0.385 e. The SMILES string of the molecule is CC(=O)c1ccc(C2(O)CCC3(CC2)OCCO3)cc1. The Hall–Kier alpha value is -1.23. The number of aliphatic hydroxyl groups is 1. The van der Waals surface area contributed by atoms with E-state index < -0.39 is 11.4 Å². The summed E-state index contributed by atoms with van der Waals surface area (Å²) in [5.74, 6) is -0.426. The molecular formula is C16H20O4. The molecule has 1 saturated carbocycles. The Balaban J connectivity index is 1.75. The molecule has 1 aromatic carbocycles. The van der Waals surface area contributed by atoms with Gasteiger partial charge in [-0.25, -0.2) is 0 Å². The van der Waals surface area contributed by atoms with Crippen LogP contribution in [-0.2, 0) is 15.1 Å². The van der Waals surface area contributed by atoms with Crippen LogP contribution in [0.2, 0.25) is 0 Å². The third kappa shape index (κ3) is 2.39. The van der Waals surface area contributed by atoms with Crippen LogP contribution in [0.15, 0.2) is 24.3 Å². The minimum absolute atomic E-state index is 0.0406. The van der Waals surface area contributed by atoms with Gasteiger partial charge in [0.1, 0.15) is 0 Å². The van der Waals surface area contributed by atoms with Crippen LogP contribution >= 0.6 is 0 Å². The standard InChI is InChI=1S/C16H20O4/c1-12(17)13-2-4-14(5-3-13)15(18)6-8-16(9-7-15)19-10-11-20-16/h2-5,18H,6-11H2,1H3. The molecule has 0 amide bonds. The summed E-state index contributed by atoms with van der Waals surface area (Å²) in [4.78, 5) is 11.3. The van der Waals surface area contributed by atoms with E-state index in [-0.39, 0.29) is 5.78 Å². The summed E-state index contributed by atoms with van der Waals surface area (Å²) in [6.45, 7) is 2.83. The molecule has 2 aliphatic rings. The van der Waals surface area contributed by atoms with E-state index in [0.29, 0.717) is 44.5 Å². The lowest BCUT2D eigenvalue weighted by molar-refractivity contribution is -0.204. The molecule has 0 radical (unpaired) electrons. The van der Waals surface area contributed by atoms with Crippen LogP contribution < -0.4 is 0 Å². The summed E-state index contributed by atoms with van der Waals surface area (Å²) in [5.41, 5.74) is 0.707. The predicted octanol–water partition coefficient (Wildman–Crippen LogP) is 2.39. The fraction of sp³-hybridized carbons (Fsp3) is 0.562. The van der Waals surface area contributed by atoms with Crippen molar-refractivity contribution < 1.29 is 19.4 Å². The first kappa shape index (κ1) is 13.7. The van der Waals surface area contributed by atoms with Crippen LogP contribution in [-0.4, -0.2) is 29.9 Å². The van der Waals surface area contributed by atoms with Crippen LogP contribution in [0.5, 0.6) is 0 Å². The van der Waals surface area contributed by atoms with Gasteiger partial charge < -0.3 is 14.6 Å². The van der Waals surface area contributed by atoms with Crippen LogP contribution in [0.4, 0.5) is 0 Å². The molecule has 108 valence electrons. The summed E-state index contributed by atoms with van der Waals surface area (Å²) < 4.78 is 11.4. The van der Waals surface area contributed by atoms with Crippen molar-refractivity contribution in [2.24, 2.45) is 0 Å². The van der Waals surface area contributed by atoms with Gasteiger partial charge in [-0.2, -0.15) is 0 Å². The maximum Gasteiger partial charge on any atom is 0.168 e. The molecule has 1 aliphatic heterocycles. The second kappa shape index (κ2) is 4.95. The van der Waals surface area contributed by atoms with Gasteiger partial charge in [0.25, 0.3) is 0 Å². The van der Waals surface area contributed by atoms with Crippen molar-refractivity contribution in [3.8, 4) is 0 Å². The molecule has 4 heteroatoms. The Kier molecular flexibility index (Phi) is 3.40. The predicted molar refractivity (Wildman–Crippen MR) is 73.4 cm³/mol. The molecule has 1 N–H and O–H groups in total. The van der Waals surface area contributed by atoms with E-state index in [1.165, 1.54) is 0 Å². The normalized spacial score (nSPS) is 23.9. The van der Waals surface area contributed by atoms with Crippen molar-refractivity contribution in [3.05, 3.63) is 35.4 Å². The Labute approximate surface area is 118 Å². The number of benzene rings is 1. The highest BCUT2D eigenvalue weighted by Gasteiger charge is 2.46. The maximum atomic E-state index is 11.3. The molecule has 0 bridgehead atoms. The third-order valence-electron chi connectivity index (χ3n) is 4.48. The topological polar surface area (TPSA) is 55.8 Å². The Morgan fingerprint density at radius 3 is 2.10 bits per heavy atom. The number of rotatable bonds is 2. The number of Topliss-reactive ketones (excluding diaryl/α,β-unsaturated/α-hetero) is 1. The van der Waals surface area contributed by atoms with E-state index in [9.17, 15) is 9.90 Å². The molecule has 2 fully saturated rings. The number of ether oxygens (including phenoxy) is 2. The van der Waals surface area contributed by atoms with Gasteiger partial charge in [-0.05, 0) is 25.3 Å². The molecule has 1 heterocycles. The fourth-order valence-electron chi connectivity index (χ4n) is 3.13. The lowest BCUT2D eigenvalue weighted by atomic mass is 9.77. The van der Waals surface area contributed by atoms with Crippen molar-refractivity contribution >= 4 is 5.78 Å². The smallest absolute Gasteiger partial charge is 0.168 e. The number of carbonyl (C=O) groups is 1. The van der Waals surface area contributed by atoms with E-state index in [1.807, 2.05) is 12.1 Å². The van der Waals surface area contributed by atoms with Gasteiger partial charge in [-0.1, -0.05) is 24.3 Å². The van der Waals surface area contributed by atoms with Crippen LogP contribution in [0, 0.1) is 0 Å². The van der Waals surface area contributed by atoms with Crippen molar-refractivity contribution in [1.82, 2.24) is 0 Å². The lowest BCUT2D eigenvalue weighted by Gasteiger charge is -2.40. The summed E-state index contributed by atoms with van der Waals surface area (Å²) in [6, 6.07) is 7.27. The van der Waals surface area contributed by atoms with Crippen molar-refractivity contribution in [2.75, 3.05) is 13.2 Å². The van der Waals surface area contributed by atoms with E-state index in [0.717, 1.165) is 5.56 Å². The molecule has 0 atom stereocenters. The largest absolute Gasteiger partial charge is 0.385 e. The third-order valence-corrected chi connectivity index (χ3v) is 4.48. The first-order chi connectivity index (χ1) is 9.53. The minimum atomic E-state index is -0.837. The molecular weight excluding hydrogens is 256 g/mol. The molecule has 4 nitrogen and oxygen atoms in total. The Morgan fingerprint density at radius 1 is 1.05 bits per heavy atom. The van der Waals surface area contributed by atoms with Gasteiger partial charge in [-0.3, -0.25) is 4.79 Å². The van der Waals surface area contributed by atoms with E-state index >= 15 is 0 Å². The van der Waals surface area contributed by atoms with Gasteiger partial charge in [0.2, 0.25) is 0 Å². The fourth-order valence-corrected chi connectivity index (χ4v) is 3.13. The number of ketones is 1. The Morgan fingerprint density at radius 2 is 1.60 bits per heavy atom. The number of hydrogen-bond acceptors (Lipinski definition) is 4. The Bertz CT molecular complexity index is 490. The lowest BCUT2D eigenvalue weighted by Crippen LogP contribution is -2.42. The molecule has 1 aromatic rings. The van der Waals surface area contributed by atoms with Crippen molar-refractivity contribution in [1.29, 1.82) is 0 Å². The van der Waals surface area contributed by atoms with Gasteiger partial charge in [0.05, 0.1) is 18.8 Å². The van der Waals surface area contributed by atoms with Crippen LogP contribution in [0.1, 0.15) is 48.5 Å². The quantitative estimate of drug-likeness (QED) is 0.843. The number of carbonyl (C=O) groups excluding carboxylic acids is 1. The summed E-state index contributed by atoms with van der Waals surface area (Å²) in [5, 5.41) is 10.8. The highest BCUT2D eigenvalue weighted by molar-refractivity contribution is 5.94. The van der Waals surface area contributed by atoms with Gasteiger partial charge >= 0.3 is 0 Å². The van der Waals surface area contributed by atoms with Gasteiger partial charge in [-0.15, -0.1) is 0 Å². The van der Waals surface area contributed by atoms with E-state index in [1.54, 1.807) is 19.1 Å². The average molecular weight is 276 g/mol. The van der Waals surface area contributed by atoms with Gasteiger partial charge in [0.15, 0.2) is 11.6 Å². The van der Waals surface area contributed by atoms with E-state index in [4.69, 9.17) is 9.47 Å². The second-order valence-electron chi connectivity index (χ2n) is 5.77. The molecule has 1 spiro atoms. The second-order valence-corrected chi connectivity index (χ2v) is 5.77. The zero-order valence-electron chi connectivity index (χ0n) is 11.7. The maximum absolute atomic E-state index is 11.3. The van der Waals surface area contributed by atoms with Crippen molar-refractivity contribution in [2.45, 2.75) is 44.0 Å². The summed E-state index contributed by atoms with van der Waals surface area (Å²) >= 11 is 0. The zero-order valence-corrected chi connectivity index (χ0v) is 11.7. The molecule has 1 saturated heterocycles.